The summed E-state index contributed by atoms with van der Waals surface area (Å²) >= 11 is 0. The molecule has 0 spiro atoms. The van der Waals surface area contributed by atoms with Crippen LogP contribution in [0.1, 0.15) is 46.0 Å². The predicted molar refractivity (Wildman–Crippen MR) is 69.1 cm³/mol. The van der Waals surface area contributed by atoms with Crippen molar-refractivity contribution in [2.45, 2.75) is 52.1 Å². The van der Waals surface area contributed by atoms with Crippen molar-refractivity contribution in [2.24, 2.45) is 5.92 Å². The van der Waals surface area contributed by atoms with Crippen LogP contribution in [0.25, 0.3) is 0 Å². The minimum Gasteiger partial charge on any atom is -0.502 e. The molecule has 1 aliphatic rings. The highest BCUT2D eigenvalue weighted by molar-refractivity contribution is 4.67. The van der Waals surface area contributed by atoms with Crippen molar-refractivity contribution in [3.05, 3.63) is 25.7 Å². The molecule has 1 rings (SSSR count). The average molecular weight is 226 g/mol. The van der Waals surface area contributed by atoms with Crippen molar-refractivity contribution in [3.63, 3.8) is 0 Å². The van der Waals surface area contributed by atoms with Crippen LogP contribution in [0.4, 0.5) is 0 Å². The van der Waals surface area contributed by atoms with Gasteiger partial charge in [0.05, 0.1) is 25.2 Å². The maximum Gasteiger partial charge on any atom is 0.0978 e. The van der Waals surface area contributed by atoms with E-state index in [2.05, 4.69) is 27.0 Å². The lowest BCUT2D eigenvalue weighted by atomic mass is 9.98. The van der Waals surface area contributed by atoms with Gasteiger partial charge in [0.15, 0.2) is 0 Å². The number of ether oxygens (including phenoxy) is 2. The van der Waals surface area contributed by atoms with Gasteiger partial charge >= 0.3 is 0 Å². The van der Waals surface area contributed by atoms with Gasteiger partial charge in [0, 0.05) is 0 Å². The first-order chi connectivity index (χ1) is 7.70. The number of rotatable bonds is 5. The highest BCUT2D eigenvalue weighted by Crippen LogP contribution is 2.19. The van der Waals surface area contributed by atoms with Crippen molar-refractivity contribution in [2.75, 3.05) is 6.61 Å². The fraction of sp³-hybridized carbons (Fsp3) is 0.714. The lowest BCUT2D eigenvalue weighted by molar-refractivity contribution is 0.107. The van der Waals surface area contributed by atoms with Crippen molar-refractivity contribution in [1.29, 1.82) is 0 Å². The van der Waals surface area contributed by atoms with E-state index in [1.807, 2.05) is 0 Å². The van der Waals surface area contributed by atoms with E-state index in [1.54, 1.807) is 6.26 Å². The van der Waals surface area contributed by atoms with E-state index in [1.165, 1.54) is 38.4 Å². The van der Waals surface area contributed by atoms with E-state index in [4.69, 9.17) is 9.47 Å². The first kappa shape index (κ1) is 15.1. The summed E-state index contributed by atoms with van der Waals surface area (Å²) in [6, 6.07) is 0. The Labute approximate surface area is 100 Å². The van der Waals surface area contributed by atoms with E-state index >= 15 is 0 Å². The summed E-state index contributed by atoms with van der Waals surface area (Å²) in [6.07, 6.45) is 10.0. The van der Waals surface area contributed by atoms with Crippen LogP contribution < -0.4 is 0 Å². The molecule has 2 nitrogen and oxygen atoms in total. The Hall–Kier alpha value is -0.920. The second kappa shape index (κ2) is 10.6. The highest BCUT2D eigenvalue weighted by Gasteiger charge is 2.11. The molecule has 1 saturated carbocycles. The molecule has 0 saturated heterocycles. The molecule has 94 valence electrons. The third-order valence-electron chi connectivity index (χ3n) is 2.39. The third kappa shape index (κ3) is 9.63. The van der Waals surface area contributed by atoms with Crippen molar-refractivity contribution in [3.8, 4) is 0 Å². The molecular formula is C14H26O2. The monoisotopic (exact) mass is 226 g/mol. The molecule has 0 radical (unpaired) electrons. The zero-order valence-corrected chi connectivity index (χ0v) is 10.8. The van der Waals surface area contributed by atoms with Crippen molar-refractivity contribution < 1.29 is 9.47 Å². The largest absolute Gasteiger partial charge is 0.502 e. The van der Waals surface area contributed by atoms with Crippen LogP contribution in [0.15, 0.2) is 25.7 Å². The Balaban J connectivity index is 0.000000293. The summed E-state index contributed by atoms with van der Waals surface area (Å²) in [6.45, 7) is 11.9. The van der Waals surface area contributed by atoms with Gasteiger partial charge in [-0.2, -0.15) is 0 Å². The first-order valence-corrected chi connectivity index (χ1v) is 6.19. The van der Waals surface area contributed by atoms with Crippen LogP contribution in [0.3, 0.4) is 0 Å². The second-order valence-corrected chi connectivity index (χ2v) is 4.46. The smallest absolute Gasteiger partial charge is 0.0978 e. The van der Waals surface area contributed by atoms with Crippen LogP contribution in [0.5, 0.6) is 0 Å². The Kier molecular flexibility index (Phi) is 9.98. The van der Waals surface area contributed by atoms with Gasteiger partial charge in [0.25, 0.3) is 0 Å². The molecule has 0 bridgehead atoms. The average Bonchev–Trinajstić information content (AvgIpc) is 2.29. The second-order valence-electron chi connectivity index (χ2n) is 4.46. The highest BCUT2D eigenvalue weighted by atomic mass is 16.5. The summed E-state index contributed by atoms with van der Waals surface area (Å²) in [5, 5.41) is 0. The van der Waals surface area contributed by atoms with E-state index in [9.17, 15) is 0 Å². The van der Waals surface area contributed by atoms with E-state index < -0.39 is 0 Å². The standard InChI is InChI=1S/C8H14O.C6H12O/c1-2-9-8-6-4-3-5-7-8;1-4-7-5-6(2)3/h2,8H,1,3-7H2;4,6H,1,5H2,2-3H3. The molecule has 0 heterocycles. The fourth-order valence-corrected chi connectivity index (χ4v) is 1.60. The summed E-state index contributed by atoms with van der Waals surface area (Å²) in [4.78, 5) is 0. The molecule has 1 fully saturated rings. The number of hydrogen-bond acceptors (Lipinski definition) is 2. The number of hydrogen-bond donors (Lipinski definition) is 0. The van der Waals surface area contributed by atoms with Crippen molar-refractivity contribution in [1.82, 2.24) is 0 Å². The Morgan fingerprint density at radius 2 is 1.75 bits per heavy atom. The van der Waals surface area contributed by atoms with Gasteiger partial charge in [-0.25, -0.2) is 0 Å². The van der Waals surface area contributed by atoms with Gasteiger partial charge < -0.3 is 9.47 Å². The normalized spacial score (nSPS) is 15.9. The molecule has 0 atom stereocenters. The molecule has 0 aromatic carbocycles. The van der Waals surface area contributed by atoms with Gasteiger partial charge in [-0.3, -0.25) is 0 Å². The molecule has 0 N–H and O–H groups in total. The Bertz CT molecular complexity index is 170. The van der Waals surface area contributed by atoms with Gasteiger partial charge in [-0.1, -0.05) is 33.4 Å². The summed E-state index contributed by atoms with van der Waals surface area (Å²) in [5.41, 5.74) is 0. The van der Waals surface area contributed by atoms with Crippen LogP contribution in [-0.2, 0) is 9.47 Å². The molecule has 0 unspecified atom stereocenters. The molecule has 2 heteroatoms. The SMILES string of the molecule is C=COC1CCCCC1.C=COCC(C)C. The van der Waals surface area contributed by atoms with Crippen molar-refractivity contribution >= 4 is 0 Å². The molecule has 1 aliphatic carbocycles. The Morgan fingerprint density at radius 1 is 1.12 bits per heavy atom. The van der Waals surface area contributed by atoms with Gasteiger partial charge in [-0.05, 0) is 31.6 Å². The zero-order valence-electron chi connectivity index (χ0n) is 10.8. The summed E-state index contributed by atoms with van der Waals surface area (Å²) in [5.74, 6) is 0.609. The lowest BCUT2D eigenvalue weighted by Crippen LogP contribution is -2.13. The minimum atomic E-state index is 0.483. The zero-order chi connectivity index (χ0) is 12.2. The van der Waals surface area contributed by atoms with Gasteiger partial charge in [-0.15, -0.1) is 0 Å². The van der Waals surface area contributed by atoms with Crippen LogP contribution in [0, 0.1) is 5.92 Å². The minimum absolute atomic E-state index is 0.483. The maximum atomic E-state index is 5.25. The lowest BCUT2D eigenvalue weighted by Gasteiger charge is -2.20. The predicted octanol–water partition coefficient (Wildman–Crippen LogP) is 4.28. The summed E-state index contributed by atoms with van der Waals surface area (Å²) in [7, 11) is 0. The quantitative estimate of drug-likeness (QED) is 0.651. The van der Waals surface area contributed by atoms with Crippen LogP contribution in [-0.4, -0.2) is 12.7 Å². The third-order valence-corrected chi connectivity index (χ3v) is 2.39. The van der Waals surface area contributed by atoms with E-state index in [-0.39, 0.29) is 0 Å². The fourth-order valence-electron chi connectivity index (χ4n) is 1.60. The molecule has 0 aromatic heterocycles. The summed E-state index contributed by atoms with van der Waals surface area (Å²) < 4.78 is 10.1. The molecule has 0 aromatic rings. The molecule has 16 heavy (non-hydrogen) atoms. The first-order valence-electron chi connectivity index (χ1n) is 6.19. The van der Waals surface area contributed by atoms with E-state index in [0.717, 1.165) is 6.61 Å². The van der Waals surface area contributed by atoms with E-state index in [0.29, 0.717) is 12.0 Å². The molecular weight excluding hydrogens is 200 g/mol. The van der Waals surface area contributed by atoms with Gasteiger partial charge in [0.1, 0.15) is 0 Å². The maximum absolute atomic E-state index is 5.25. The topological polar surface area (TPSA) is 18.5 Å². The molecule has 0 aliphatic heterocycles. The molecule has 0 amide bonds. The Morgan fingerprint density at radius 3 is 2.12 bits per heavy atom. The van der Waals surface area contributed by atoms with Crippen LogP contribution in [0.2, 0.25) is 0 Å². The van der Waals surface area contributed by atoms with Gasteiger partial charge in [0.2, 0.25) is 0 Å². The van der Waals surface area contributed by atoms with Crippen LogP contribution >= 0.6 is 0 Å².